The van der Waals surface area contributed by atoms with E-state index in [2.05, 4.69) is 4.98 Å². The normalized spacial score (nSPS) is 11.6. The van der Waals surface area contributed by atoms with E-state index in [1.165, 1.54) is 12.1 Å². The molecule has 0 bridgehead atoms. The van der Waals surface area contributed by atoms with Gasteiger partial charge in [-0.1, -0.05) is 29.3 Å². The molecule has 100 valence electrons. The summed E-state index contributed by atoms with van der Waals surface area (Å²) < 4.78 is 36.8. The van der Waals surface area contributed by atoms with Gasteiger partial charge in [0, 0.05) is 11.8 Å². The zero-order valence-corrected chi connectivity index (χ0v) is 11.3. The third-order valence-electron chi connectivity index (χ3n) is 2.15. The van der Waals surface area contributed by atoms with Gasteiger partial charge in [0.2, 0.25) is 0 Å². The third kappa shape index (κ3) is 3.08. The fourth-order valence-electron chi connectivity index (χ4n) is 1.28. The van der Waals surface area contributed by atoms with E-state index in [1.807, 2.05) is 0 Å². The molecule has 8 heteroatoms. The van der Waals surface area contributed by atoms with E-state index in [4.69, 9.17) is 23.2 Å². The molecule has 0 aliphatic rings. The number of rotatable bonds is 2. The molecule has 1 aromatic carbocycles. The number of aromatic nitrogens is 1. The summed E-state index contributed by atoms with van der Waals surface area (Å²) in [6.45, 7) is 0. The molecule has 2 aromatic rings. The number of thiazole rings is 1. The maximum atomic E-state index is 12.3. The third-order valence-corrected chi connectivity index (χ3v) is 3.94. The molecule has 0 aliphatic carbocycles. The molecule has 0 amide bonds. The molecular weight excluding hydrogens is 322 g/mol. The minimum atomic E-state index is -4.90. The van der Waals surface area contributed by atoms with Gasteiger partial charge in [0.05, 0.1) is 10.0 Å². The Hall–Kier alpha value is -1.11. The first-order chi connectivity index (χ1) is 8.79. The van der Waals surface area contributed by atoms with Crippen molar-refractivity contribution in [3.63, 3.8) is 0 Å². The molecule has 2 rings (SSSR count). The van der Waals surface area contributed by atoms with Gasteiger partial charge in [0.1, 0.15) is 9.88 Å². The molecule has 0 saturated carbocycles. The van der Waals surface area contributed by atoms with E-state index in [-0.39, 0.29) is 10.0 Å². The average Bonchev–Trinajstić information content (AvgIpc) is 2.79. The van der Waals surface area contributed by atoms with Crippen LogP contribution >= 0.6 is 34.5 Å². The van der Waals surface area contributed by atoms with Gasteiger partial charge in [0.15, 0.2) is 0 Å². The standard InChI is InChI=1S/C11H4Cl2F3NOS/c12-6-2-1-5(3-7(6)13)10-17-4-8(19-10)9(18)11(14,15)16/h1-4H. The highest BCUT2D eigenvalue weighted by Crippen LogP contribution is 2.33. The number of hydrogen-bond donors (Lipinski definition) is 0. The van der Waals surface area contributed by atoms with Crippen molar-refractivity contribution >= 4 is 40.3 Å². The van der Waals surface area contributed by atoms with Crippen molar-refractivity contribution in [1.82, 2.24) is 4.98 Å². The van der Waals surface area contributed by atoms with Crippen LogP contribution in [0.3, 0.4) is 0 Å². The quantitative estimate of drug-likeness (QED) is 0.738. The number of benzene rings is 1. The van der Waals surface area contributed by atoms with Crippen LogP contribution in [0.15, 0.2) is 24.4 Å². The van der Waals surface area contributed by atoms with Crippen LogP contribution < -0.4 is 0 Å². The Balaban J connectivity index is 2.36. The van der Waals surface area contributed by atoms with E-state index < -0.39 is 16.8 Å². The van der Waals surface area contributed by atoms with Crippen LogP contribution in [0.4, 0.5) is 13.2 Å². The fraction of sp³-hybridized carbons (Fsp3) is 0.0909. The monoisotopic (exact) mass is 325 g/mol. The lowest BCUT2D eigenvalue weighted by atomic mass is 10.2. The molecule has 19 heavy (non-hydrogen) atoms. The number of Topliss-reactive ketones (excluding diaryl/α,β-unsaturated/α-hetero) is 1. The molecule has 0 fully saturated rings. The molecule has 0 atom stereocenters. The van der Waals surface area contributed by atoms with Crippen molar-refractivity contribution in [3.8, 4) is 10.6 Å². The van der Waals surface area contributed by atoms with Gasteiger partial charge in [-0.25, -0.2) is 4.98 Å². The average molecular weight is 326 g/mol. The van der Waals surface area contributed by atoms with Gasteiger partial charge in [-0.15, -0.1) is 11.3 Å². The molecule has 0 spiro atoms. The van der Waals surface area contributed by atoms with Crippen molar-refractivity contribution in [2.45, 2.75) is 6.18 Å². The number of carbonyl (C=O) groups excluding carboxylic acids is 1. The molecule has 0 unspecified atom stereocenters. The number of hydrogen-bond acceptors (Lipinski definition) is 3. The van der Waals surface area contributed by atoms with Crippen LogP contribution in [0.1, 0.15) is 9.67 Å². The Labute approximate surface area is 119 Å². The van der Waals surface area contributed by atoms with Gasteiger partial charge in [0.25, 0.3) is 5.78 Å². The Morgan fingerprint density at radius 3 is 2.47 bits per heavy atom. The Kier molecular flexibility index (Phi) is 3.85. The Bertz CT molecular complexity index is 639. The van der Waals surface area contributed by atoms with Gasteiger partial charge in [-0.2, -0.15) is 13.2 Å². The Morgan fingerprint density at radius 1 is 1.21 bits per heavy atom. The lowest BCUT2D eigenvalue weighted by molar-refractivity contribution is -0.0882. The molecule has 0 radical (unpaired) electrons. The van der Waals surface area contributed by atoms with Crippen LogP contribution in [0.5, 0.6) is 0 Å². The molecule has 1 heterocycles. The number of alkyl halides is 3. The van der Waals surface area contributed by atoms with E-state index in [0.717, 1.165) is 6.20 Å². The van der Waals surface area contributed by atoms with Gasteiger partial charge in [-0.3, -0.25) is 4.79 Å². The number of nitrogens with zero attached hydrogens (tertiary/aromatic N) is 1. The highest BCUT2D eigenvalue weighted by Gasteiger charge is 2.40. The summed E-state index contributed by atoms with van der Waals surface area (Å²) in [6, 6.07) is 4.55. The highest BCUT2D eigenvalue weighted by atomic mass is 35.5. The van der Waals surface area contributed by atoms with Gasteiger partial charge in [-0.05, 0) is 12.1 Å². The van der Waals surface area contributed by atoms with Crippen molar-refractivity contribution in [2.75, 3.05) is 0 Å². The van der Waals surface area contributed by atoms with Crippen LogP contribution in [0.25, 0.3) is 10.6 Å². The zero-order chi connectivity index (χ0) is 14.2. The predicted molar refractivity (Wildman–Crippen MR) is 68.0 cm³/mol. The van der Waals surface area contributed by atoms with Crippen molar-refractivity contribution < 1.29 is 18.0 Å². The van der Waals surface area contributed by atoms with E-state index in [0.29, 0.717) is 21.9 Å². The minimum absolute atomic E-state index is 0.262. The van der Waals surface area contributed by atoms with Gasteiger partial charge >= 0.3 is 6.18 Å². The first-order valence-corrected chi connectivity index (χ1v) is 6.39. The van der Waals surface area contributed by atoms with Crippen molar-refractivity contribution in [3.05, 3.63) is 39.3 Å². The van der Waals surface area contributed by atoms with E-state index in [1.54, 1.807) is 6.07 Å². The maximum absolute atomic E-state index is 12.3. The predicted octanol–water partition coefficient (Wildman–Crippen LogP) is 4.86. The largest absolute Gasteiger partial charge is 0.455 e. The van der Waals surface area contributed by atoms with Crippen LogP contribution in [0.2, 0.25) is 10.0 Å². The van der Waals surface area contributed by atoms with Crippen molar-refractivity contribution in [1.29, 1.82) is 0 Å². The number of halogens is 5. The first kappa shape index (κ1) is 14.3. The zero-order valence-electron chi connectivity index (χ0n) is 8.96. The van der Waals surface area contributed by atoms with E-state index in [9.17, 15) is 18.0 Å². The summed E-state index contributed by atoms with van der Waals surface area (Å²) >= 11 is 12.2. The molecule has 1 aromatic heterocycles. The van der Waals surface area contributed by atoms with Crippen LogP contribution in [0, 0.1) is 0 Å². The number of ketones is 1. The second-order valence-electron chi connectivity index (χ2n) is 3.49. The summed E-state index contributed by atoms with van der Waals surface area (Å²) in [4.78, 5) is 14.4. The SMILES string of the molecule is O=C(c1cnc(-c2ccc(Cl)c(Cl)c2)s1)C(F)(F)F. The second-order valence-corrected chi connectivity index (χ2v) is 5.33. The fourth-order valence-corrected chi connectivity index (χ4v) is 2.45. The summed E-state index contributed by atoms with van der Waals surface area (Å²) in [6.07, 6.45) is -4.00. The molecule has 0 aliphatic heterocycles. The van der Waals surface area contributed by atoms with E-state index >= 15 is 0 Å². The number of carbonyl (C=O) groups is 1. The lowest BCUT2D eigenvalue weighted by Crippen LogP contribution is -2.21. The van der Waals surface area contributed by atoms with Crippen molar-refractivity contribution in [2.24, 2.45) is 0 Å². The maximum Gasteiger partial charge on any atom is 0.455 e. The van der Waals surface area contributed by atoms with Crippen LogP contribution in [-0.4, -0.2) is 16.9 Å². The summed E-state index contributed by atoms with van der Waals surface area (Å²) in [5.41, 5.74) is 0.501. The first-order valence-electron chi connectivity index (χ1n) is 4.82. The Morgan fingerprint density at radius 2 is 1.89 bits per heavy atom. The van der Waals surface area contributed by atoms with Crippen LogP contribution in [-0.2, 0) is 0 Å². The molecular formula is C11H4Cl2F3NOS. The summed E-state index contributed by atoms with van der Waals surface area (Å²) in [5.74, 6) is -1.91. The molecule has 2 nitrogen and oxygen atoms in total. The summed E-state index contributed by atoms with van der Waals surface area (Å²) in [7, 11) is 0. The minimum Gasteiger partial charge on any atom is -0.283 e. The lowest BCUT2D eigenvalue weighted by Gasteiger charge is -2.01. The molecule has 0 N–H and O–H groups in total. The smallest absolute Gasteiger partial charge is 0.283 e. The van der Waals surface area contributed by atoms with Gasteiger partial charge < -0.3 is 0 Å². The highest BCUT2D eigenvalue weighted by molar-refractivity contribution is 7.17. The topological polar surface area (TPSA) is 30.0 Å². The molecule has 0 saturated heterocycles. The second kappa shape index (κ2) is 5.11. The summed E-state index contributed by atoms with van der Waals surface area (Å²) in [5, 5.41) is 0.859.